The Bertz CT molecular complexity index is 419. The van der Waals surface area contributed by atoms with Crippen molar-refractivity contribution in [3.05, 3.63) is 28.2 Å². The Kier molecular flexibility index (Phi) is 6.67. The molecule has 3 N–H and O–H groups in total. The molecule has 6 heteroatoms. The third-order valence-corrected chi connectivity index (χ3v) is 2.74. The zero-order chi connectivity index (χ0) is 13.1. The highest BCUT2D eigenvalue weighted by Gasteiger charge is 2.14. The number of amides is 1. The van der Waals surface area contributed by atoms with Crippen molar-refractivity contribution in [2.75, 3.05) is 13.7 Å². The summed E-state index contributed by atoms with van der Waals surface area (Å²) in [5.41, 5.74) is 5.95. The Hall–Kier alpha value is -0.780. The predicted molar refractivity (Wildman–Crippen MR) is 78.5 cm³/mol. The molecule has 0 aliphatic rings. The third-order valence-electron chi connectivity index (χ3n) is 2.12. The van der Waals surface area contributed by atoms with Crippen molar-refractivity contribution in [2.24, 2.45) is 5.73 Å². The van der Waals surface area contributed by atoms with E-state index in [1.807, 2.05) is 13.8 Å². The average molecular weight is 338 g/mol. The van der Waals surface area contributed by atoms with Gasteiger partial charge in [-0.25, -0.2) is 0 Å². The molecular weight excluding hydrogens is 320 g/mol. The average Bonchev–Trinajstić information content (AvgIpc) is 2.24. The van der Waals surface area contributed by atoms with Gasteiger partial charge in [-0.1, -0.05) is 0 Å². The number of carbonyl (C=O) groups is 1. The number of carbonyl (C=O) groups excluding carboxylic acids is 1. The van der Waals surface area contributed by atoms with Crippen molar-refractivity contribution < 1.29 is 9.53 Å². The first kappa shape index (κ1) is 17.2. The molecule has 1 aromatic rings. The third kappa shape index (κ3) is 5.25. The topological polar surface area (TPSA) is 64.3 Å². The van der Waals surface area contributed by atoms with Crippen molar-refractivity contribution in [3.63, 3.8) is 0 Å². The molecule has 0 saturated carbocycles. The van der Waals surface area contributed by atoms with E-state index in [0.29, 0.717) is 17.9 Å². The Morgan fingerprint density at radius 2 is 2.11 bits per heavy atom. The molecular formula is C12H18BrClN2O2. The van der Waals surface area contributed by atoms with E-state index in [4.69, 9.17) is 10.5 Å². The summed E-state index contributed by atoms with van der Waals surface area (Å²) < 4.78 is 5.85. The maximum atomic E-state index is 11.8. The smallest absolute Gasteiger partial charge is 0.251 e. The maximum Gasteiger partial charge on any atom is 0.251 e. The highest BCUT2D eigenvalue weighted by Crippen LogP contribution is 2.25. The second-order valence-electron chi connectivity index (χ2n) is 4.52. The summed E-state index contributed by atoms with van der Waals surface area (Å²) in [6.07, 6.45) is 0. The largest absolute Gasteiger partial charge is 0.496 e. The van der Waals surface area contributed by atoms with Gasteiger partial charge in [0.05, 0.1) is 11.6 Å². The molecule has 4 nitrogen and oxygen atoms in total. The van der Waals surface area contributed by atoms with E-state index in [0.717, 1.165) is 4.47 Å². The molecule has 0 heterocycles. The number of halogens is 2. The van der Waals surface area contributed by atoms with Gasteiger partial charge < -0.3 is 15.8 Å². The van der Waals surface area contributed by atoms with Crippen LogP contribution in [0.1, 0.15) is 24.2 Å². The number of ether oxygens (including phenoxy) is 1. The van der Waals surface area contributed by atoms with Gasteiger partial charge in [0.1, 0.15) is 5.75 Å². The van der Waals surface area contributed by atoms with Crippen LogP contribution in [0, 0.1) is 0 Å². The van der Waals surface area contributed by atoms with Crippen molar-refractivity contribution in [1.29, 1.82) is 0 Å². The maximum absolute atomic E-state index is 11.8. The van der Waals surface area contributed by atoms with Crippen LogP contribution in [-0.2, 0) is 0 Å². The van der Waals surface area contributed by atoms with Gasteiger partial charge in [0.15, 0.2) is 0 Å². The number of nitrogens with one attached hydrogen (secondary N) is 1. The van der Waals surface area contributed by atoms with Crippen LogP contribution < -0.4 is 15.8 Å². The summed E-state index contributed by atoms with van der Waals surface area (Å²) >= 11 is 3.34. The van der Waals surface area contributed by atoms with Gasteiger partial charge in [-0.15, -0.1) is 12.4 Å². The zero-order valence-electron chi connectivity index (χ0n) is 10.6. The van der Waals surface area contributed by atoms with E-state index in [-0.39, 0.29) is 18.3 Å². The second-order valence-corrected chi connectivity index (χ2v) is 5.37. The van der Waals surface area contributed by atoms with Crippen molar-refractivity contribution >= 4 is 34.2 Å². The van der Waals surface area contributed by atoms with Crippen LogP contribution in [0.3, 0.4) is 0 Å². The lowest BCUT2D eigenvalue weighted by molar-refractivity contribution is 0.0946. The van der Waals surface area contributed by atoms with E-state index in [1.165, 1.54) is 0 Å². The molecule has 0 fully saturated rings. The number of rotatable bonds is 4. The summed E-state index contributed by atoms with van der Waals surface area (Å²) in [5.74, 6) is 0.549. The Balaban J connectivity index is 0.00000289. The lowest BCUT2D eigenvalue weighted by Gasteiger charge is -2.19. The van der Waals surface area contributed by atoms with Gasteiger partial charge in [0.2, 0.25) is 0 Å². The van der Waals surface area contributed by atoms with Crippen molar-refractivity contribution in [1.82, 2.24) is 5.32 Å². The van der Waals surface area contributed by atoms with E-state index in [2.05, 4.69) is 21.2 Å². The minimum absolute atomic E-state index is 0. The van der Waals surface area contributed by atoms with E-state index in [9.17, 15) is 4.79 Å². The predicted octanol–water partition coefficient (Wildman–Crippen LogP) is 2.35. The Morgan fingerprint density at radius 3 is 2.56 bits per heavy atom. The summed E-state index contributed by atoms with van der Waals surface area (Å²) in [7, 11) is 1.58. The van der Waals surface area contributed by atoms with Crippen LogP contribution in [0.15, 0.2) is 22.7 Å². The highest BCUT2D eigenvalue weighted by molar-refractivity contribution is 9.10. The molecule has 1 aromatic carbocycles. The molecule has 0 aromatic heterocycles. The highest BCUT2D eigenvalue weighted by atomic mass is 79.9. The van der Waals surface area contributed by atoms with Crippen molar-refractivity contribution in [3.8, 4) is 5.75 Å². The molecule has 102 valence electrons. The van der Waals surface area contributed by atoms with Crippen LogP contribution in [-0.4, -0.2) is 25.1 Å². The summed E-state index contributed by atoms with van der Waals surface area (Å²) in [6.45, 7) is 4.14. The quantitative estimate of drug-likeness (QED) is 0.886. The van der Waals surface area contributed by atoms with Gasteiger partial charge in [0, 0.05) is 17.6 Å². The molecule has 0 saturated heterocycles. The lowest BCUT2D eigenvalue weighted by Crippen LogP contribution is -2.45. The number of methoxy groups -OCH3 is 1. The standard InChI is InChI=1S/C12H17BrN2O2.ClH/c1-12(2,14)7-15-11(16)8-4-5-10(17-3)9(13)6-8;/h4-6H,7,14H2,1-3H3,(H,15,16);1H. The van der Waals surface area contributed by atoms with Gasteiger partial charge in [0.25, 0.3) is 5.91 Å². The Morgan fingerprint density at radius 1 is 1.50 bits per heavy atom. The molecule has 0 bridgehead atoms. The molecule has 0 aliphatic heterocycles. The van der Waals surface area contributed by atoms with Gasteiger partial charge in [-0.2, -0.15) is 0 Å². The number of hydrogen-bond acceptors (Lipinski definition) is 3. The molecule has 0 atom stereocenters. The van der Waals surface area contributed by atoms with Gasteiger partial charge >= 0.3 is 0 Å². The first-order valence-corrected chi connectivity index (χ1v) is 6.03. The molecule has 0 radical (unpaired) electrons. The molecule has 0 unspecified atom stereocenters. The fourth-order valence-electron chi connectivity index (χ4n) is 1.22. The monoisotopic (exact) mass is 336 g/mol. The SMILES string of the molecule is COc1ccc(C(=O)NCC(C)(C)N)cc1Br.Cl. The minimum atomic E-state index is -0.417. The first-order valence-electron chi connectivity index (χ1n) is 5.24. The lowest BCUT2D eigenvalue weighted by atomic mass is 10.1. The second kappa shape index (κ2) is 6.97. The normalized spacial score (nSPS) is 10.5. The molecule has 18 heavy (non-hydrogen) atoms. The van der Waals surface area contributed by atoms with Crippen LogP contribution in [0.5, 0.6) is 5.75 Å². The van der Waals surface area contributed by atoms with Crippen molar-refractivity contribution in [2.45, 2.75) is 19.4 Å². The van der Waals surface area contributed by atoms with E-state index >= 15 is 0 Å². The Labute approximate surface area is 122 Å². The number of nitrogens with two attached hydrogens (primary N) is 1. The van der Waals surface area contributed by atoms with Gasteiger partial charge in [-0.3, -0.25) is 4.79 Å². The molecule has 1 rings (SSSR count). The first-order chi connectivity index (χ1) is 7.83. The van der Waals surface area contributed by atoms with Crippen LogP contribution >= 0.6 is 28.3 Å². The van der Waals surface area contributed by atoms with E-state index < -0.39 is 5.54 Å². The van der Waals surface area contributed by atoms with E-state index in [1.54, 1.807) is 25.3 Å². The molecule has 0 aliphatic carbocycles. The molecule has 0 spiro atoms. The van der Waals surface area contributed by atoms with Crippen LogP contribution in [0.2, 0.25) is 0 Å². The zero-order valence-corrected chi connectivity index (χ0v) is 13.0. The number of benzene rings is 1. The van der Waals surface area contributed by atoms with Gasteiger partial charge in [-0.05, 0) is 48.0 Å². The fraction of sp³-hybridized carbons (Fsp3) is 0.417. The summed E-state index contributed by atoms with van der Waals surface area (Å²) in [6, 6.07) is 5.17. The fourth-order valence-corrected chi connectivity index (χ4v) is 1.76. The molecule has 1 amide bonds. The summed E-state index contributed by atoms with van der Waals surface area (Å²) in [5, 5.41) is 2.78. The van der Waals surface area contributed by atoms with Crippen LogP contribution in [0.4, 0.5) is 0 Å². The minimum Gasteiger partial charge on any atom is -0.496 e. The summed E-state index contributed by atoms with van der Waals surface area (Å²) in [4.78, 5) is 11.8. The number of hydrogen-bond donors (Lipinski definition) is 2. The van der Waals surface area contributed by atoms with Crippen LogP contribution in [0.25, 0.3) is 0 Å².